The van der Waals surface area contributed by atoms with E-state index in [1.165, 1.54) is 31.3 Å². The van der Waals surface area contributed by atoms with Crippen LogP contribution in [-0.4, -0.2) is 87.2 Å². The zero-order valence-corrected chi connectivity index (χ0v) is 18.5. The molecule has 2 atom stereocenters. The van der Waals surface area contributed by atoms with Gasteiger partial charge in [0.2, 0.25) is 0 Å². The third kappa shape index (κ3) is 4.68. The second-order valence-electron chi connectivity index (χ2n) is 7.59. The number of guanidine groups is 1. The van der Waals surface area contributed by atoms with E-state index in [2.05, 4.69) is 25.4 Å². The van der Waals surface area contributed by atoms with Gasteiger partial charge in [0.1, 0.15) is 17.3 Å². The Labute approximate surface area is 182 Å². The first kappa shape index (κ1) is 21.5. The molecule has 4 aliphatic rings. The van der Waals surface area contributed by atoms with Gasteiger partial charge >= 0.3 is 0 Å². The highest BCUT2D eigenvalue weighted by Crippen LogP contribution is 2.26. The van der Waals surface area contributed by atoms with Crippen molar-refractivity contribution in [3.8, 4) is 0 Å². The lowest BCUT2D eigenvalue weighted by atomic mass is 10.1. The van der Waals surface area contributed by atoms with E-state index in [1.54, 1.807) is 11.9 Å². The molecule has 4 aliphatic heterocycles. The molecule has 4 heterocycles. The Bertz CT molecular complexity index is 675. The molecule has 0 amide bonds. The molecule has 2 bridgehead atoms. The number of hydrogen-bond acceptors (Lipinski definition) is 4. The van der Waals surface area contributed by atoms with Gasteiger partial charge in [0.25, 0.3) is 0 Å². The van der Waals surface area contributed by atoms with Crippen LogP contribution in [0.25, 0.3) is 0 Å². The van der Waals surface area contributed by atoms with Crippen molar-refractivity contribution in [2.45, 2.75) is 18.5 Å². The van der Waals surface area contributed by atoms with Crippen molar-refractivity contribution >= 4 is 35.6 Å². The van der Waals surface area contributed by atoms with E-state index in [0.717, 1.165) is 38.6 Å². The zero-order valence-electron chi connectivity index (χ0n) is 16.2. The van der Waals surface area contributed by atoms with Crippen LogP contribution >= 0.6 is 24.0 Å². The lowest BCUT2D eigenvalue weighted by molar-refractivity contribution is 0.0154. The van der Waals surface area contributed by atoms with Gasteiger partial charge in [0.15, 0.2) is 5.96 Å². The maximum absolute atomic E-state index is 14.0. The monoisotopic (exact) mass is 506 g/mol. The first-order chi connectivity index (χ1) is 13.1. The molecule has 2 N–H and O–H groups in total. The summed E-state index contributed by atoms with van der Waals surface area (Å²) in [6.07, 6.45) is 0.817. The highest BCUT2D eigenvalue weighted by Gasteiger charge is 2.32. The molecule has 1 aromatic rings. The van der Waals surface area contributed by atoms with Gasteiger partial charge in [-0.1, -0.05) is 6.07 Å². The molecular formula is C19H29F2IN6. The molecule has 4 fully saturated rings. The van der Waals surface area contributed by atoms with Gasteiger partial charge in [0, 0.05) is 71.5 Å². The Morgan fingerprint density at radius 2 is 1.82 bits per heavy atom. The van der Waals surface area contributed by atoms with Crippen molar-refractivity contribution in [3.63, 3.8) is 0 Å². The molecule has 0 aromatic heterocycles. The fourth-order valence-electron chi connectivity index (χ4n) is 4.39. The number of nitrogens with zero attached hydrogens (tertiary/aromatic N) is 4. The van der Waals surface area contributed by atoms with Gasteiger partial charge in [0.05, 0.1) is 0 Å². The summed E-state index contributed by atoms with van der Waals surface area (Å²) in [5.41, 5.74) is 0.0739. The number of piperazine rings is 3. The molecule has 0 radical (unpaired) electrons. The minimum absolute atomic E-state index is 0. The predicted molar refractivity (Wildman–Crippen MR) is 119 cm³/mol. The molecule has 156 valence electrons. The second-order valence-corrected chi connectivity index (χ2v) is 7.59. The van der Waals surface area contributed by atoms with Gasteiger partial charge in [-0.15, -0.1) is 24.0 Å². The smallest absolute Gasteiger partial charge is 0.191 e. The Morgan fingerprint density at radius 3 is 2.43 bits per heavy atom. The highest BCUT2D eigenvalue weighted by molar-refractivity contribution is 14.0. The molecule has 0 aliphatic carbocycles. The quantitative estimate of drug-likeness (QED) is 0.367. The van der Waals surface area contributed by atoms with Gasteiger partial charge in [-0.3, -0.25) is 14.8 Å². The number of benzene rings is 1. The third-order valence-electron chi connectivity index (χ3n) is 5.90. The number of aliphatic imine (C=N–C) groups is 1. The number of rotatable bonds is 4. The predicted octanol–water partition coefficient (Wildman–Crippen LogP) is 1.33. The summed E-state index contributed by atoms with van der Waals surface area (Å²) in [5, 5.41) is 6.84. The summed E-state index contributed by atoms with van der Waals surface area (Å²) in [5.74, 6) is -0.252. The standard InChI is InChI=1S/C19H28F2N6.HI/c1-22-19(23-11-15-13-25-7-9-26(15)10-8-25)24-14-5-6-27(12-14)18-16(20)3-2-4-17(18)21;/h2-4,14-15H,5-13H2,1H3,(H2,22,23,24);1H. The van der Waals surface area contributed by atoms with Crippen LogP contribution in [0, 0.1) is 11.6 Å². The van der Waals surface area contributed by atoms with Crippen molar-refractivity contribution in [1.82, 2.24) is 20.4 Å². The van der Waals surface area contributed by atoms with E-state index in [0.29, 0.717) is 19.1 Å². The molecule has 0 saturated carbocycles. The summed E-state index contributed by atoms with van der Waals surface area (Å²) in [6, 6.07) is 4.64. The van der Waals surface area contributed by atoms with E-state index >= 15 is 0 Å². The highest BCUT2D eigenvalue weighted by atomic mass is 127. The number of para-hydroxylation sites is 1. The molecular weight excluding hydrogens is 477 g/mol. The van der Waals surface area contributed by atoms with Crippen LogP contribution in [0.3, 0.4) is 0 Å². The van der Waals surface area contributed by atoms with Crippen molar-refractivity contribution in [3.05, 3.63) is 29.8 Å². The van der Waals surface area contributed by atoms with Gasteiger partial charge in [-0.2, -0.15) is 0 Å². The van der Waals surface area contributed by atoms with Gasteiger partial charge in [-0.05, 0) is 18.6 Å². The van der Waals surface area contributed by atoms with E-state index in [4.69, 9.17) is 0 Å². The number of nitrogens with one attached hydrogen (secondary N) is 2. The van der Waals surface area contributed by atoms with E-state index in [1.807, 2.05) is 0 Å². The Morgan fingerprint density at radius 1 is 1.11 bits per heavy atom. The van der Waals surface area contributed by atoms with Crippen LogP contribution in [-0.2, 0) is 0 Å². The maximum atomic E-state index is 14.0. The van der Waals surface area contributed by atoms with Gasteiger partial charge < -0.3 is 15.5 Å². The number of halogens is 3. The van der Waals surface area contributed by atoms with E-state index < -0.39 is 11.6 Å². The van der Waals surface area contributed by atoms with Crippen LogP contribution in [0.5, 0.6) is 0 Å². The number of hydrogen-bond donors (Lipinski definition) is 2. The average Bonchev–Trinajstić information content (AvgIpc) is 3.14. The van der Waals surface area contributed by atoms with Crippen molar-refractivity contribution in [1.29, 1.82) is 0 Å². The third-order valence-corrected chi connectivity index (χ3v) is 5.90. The second kappa shape index (κ2) is 9.53. The fraction of sp³-hybridized carbons (Fsp3) is 0.632. The lowest BCUT2D eigenvalue weighted by Crippen LogP contribution is -2.64. The normalized spacial score (nSPS) is 29.5. The summed E-state index contributed by atoms with van der Waals surface area (Å²) in [7, 11) is 1.76. The summed E-state index contributed by atoms with van der Waals surface area (Å²) in [4.78, 5) is 11.2. The van der Waals surface area contributed by atoms with Crippen LogP contribution in [0.4, 0.5) is 14.5 Å². The topological polar surface area (TPSA) is 46.1 Å². The van der Waals surface area contributed by atoms with Crippen molar-refractivity contribution < 1.29 is 8.78 Å². The molecule has 1 aromatic carbocycles. The lowest BCUT2D eigenvalue weighted by Gasteiger charge is -2.47. The first-order valence-electron chi connectivity index (χ1n) is 9.76. The van der Waals surface area contributed by atoms with E-state index in [-0.39, 0.29) is 35.7 Å². The first-order valence-corrected chi connectivity index (χ1v) is 9.76. The Kier molecular flexibility index (Phi) is 7.32. The number of anilines is 1. The SMILES string of the molecule is CN=C(NCC1CN2CCN1CC2)NC1CCN(c2c(F)cccc2F)C1.I. The summed E-state index contributed by atoms with van der Waals surface area (Å²) < 4.78 is 28.0. The van der Waals surface area contributed by atoms with Crippen molar-refractivity contribution in [2.75, 3.05) is 64.3 Å². The molecule has 28 heavy (non-hydrogen) atoms. The molecule has 2 unspecified atom stereocenters. The average molecular weight is 506 g/mol. The Balaban J connectivity index is 0.00000225. The molecule has 4 saturated heterocycles. The fourth-order valence-corrected chi connectivity index (χ4v) is 4.39. The minimum Gasteiger partial charge on any atom is -0.365 e. The minimum atomic E-state index is -0.505. The van der Waals surface area contributed by atoms with Crippen LogP contribution in [0.15, 0.2) is 23.2 Å². The zero-order chi connectivity index (χ0) is 18.8. The Hall–Kier alpha value is -1.20. The van der Waals surface area contributed by atoms with Crippen molar-refractivity contribution in [2.24, 2.45) is 4.99 Å². The van der Waals surface area contributed by atoms with Crippen LogP contribution < -0.4 is 15.5 Å². The molecule has 6 nitrogen and oxygen atoms in total. The number of fused-ring (bicyclic) bond motifs is 3. The van der Waals surface area contributed by atoms with Gasteiger partial charge in [-0.25, -0.2) is 8.78 Å². The molecule has 9 heteroatoms. The summed E-state index contributed by atoms with van der Waals surface area (Å²) >= 11 is 0. The van der Waals surface area contributed by atoms with E-state index in [9.17, 15) is 8.78 Å². The maximum Gasteiger partial charge on any atom is 0.191 e. The van der Waals surface area contributed by atoms with Crippen LogP contribution in [0.2, 0.25) is 0 Å². The molecule has 0 spiro atoms. The summed E-state index contributed by atoms with van der Waals surface area (Å²) in [6.45, 7) is 7.78. The molecule has 5 rings (SSSR count). The largest absolute Gasteiger partial charge is 0.365 e. The van der Waals surface area contributed by atoms with Crippen LogP contribution in [0.1, 0.15) is 6.42 Å².